The summed E-state index contributed by atoms with van der Waals surface area (Å²) in [4.78, 5) is 7.10. The third kappa shape index (κ3) is 2.60. The van der Waals surface area contributed by atoms with Crippen molar-refractivity contribution >= 4 is 21.1 Å². The molecule has 0 aliphatic carbocycles. The smallest absolute Gasteiger partial charge is 0.238 e. The number of halogens is 1. The van der Waals surface area contributed by atoms with Crippen LogP contribution in [0.15, 0.2) is 41.6 Å². The molecule has 0 spiro atoms. The van der Waals surface area contributed by atoms with E-state index in [9.17, 15) is 12.8 Å². The van der Waals surface area contributed by atoms with E-state index in [0.717, 1.165) is 29.1 Å². The van der Waals surface area contributed by atoms with Crippen LogP contribution in [0.1, 0.15) is 12.5 Å². The second-order valence-electron chi connectivity index (χ2n) is 5.01. The van der Waals surface area contributed by atoms with Crippen molar-refractivity contribution in [3.8, 4) is 11.1 Å². The zero-order chi connectivity index (χ0) is 15.9. The first-order chi connectivity index (χ1) is 10.4. The summed E-state index contributed by atoms with van der Waals surface area (Å²) >= 11 is 0. The quantitative estimate of drug-likeness (QED) is 0.777. The van der Waals surface area contributed by atoms with Gasteiger partial charge in [0.15, 0.2) is 0 Å². The van der Waals surface area contributed by atoms with Gasteiger partial charge in [0.05, 0.1) is 4.90 Å². The number of hydrogen-bond acceptors (Lipinski definition) is 3. The molecule has 0 saturated heterocycles. The Morgan fingerprint density at radius 2 is 2.00 bits per heavy atom. The number of H-pyrrole nitrogens is 1. The summed E-state index contributed by atoms with van der Waals surface area (Å²) in [6.45, 7) is 2.02. The van der Waals surface area contributed by atoms with Gasteiger partial charge in [0.1, 0.15) is 11.5 Å². The zero-order valence-electron chi connectivity index (χ0n) is 11.8. The van der Waals surface area contributed by atoms with Crippen molar-refractivity contribution in [3.63, 3.8) is 0 Å². The molecule has 0 saturated carbocycles. The van der Waals surface area contributed by atoms with E-state index in [1.54, 1.807) is 6.20 Å². The number of nitrogens with zero attached hydrogens (tertiary/aromatic N) is 1. The molecule has 0 aliphatic heterocycles. The van der Waals surface area contributed by atoms with Crippen LogP contribution in [-0.2, 0) is 16.4 Å². The maximum Gasteiger partial charge on any atom is 0.238 e. The zero-order valence-corrected chi connectivity index (χ0v) is 12.6. The topological polar surface area (TPSA) is 88.8 Å². The molecule has 3 rings (SSSR count). The number of hydrogen-bond donors (Lipinski definition) is 2. The molecule has 0 bridgehead atoms. The van der Waals surface area contributed by atoms with E-state index in [-0.39, 0.29) is 4.90 Å². The number of nitrogens with one attached hydrogen (secondary N) is 1. The molecule has 3 aromatic rings. The van der Waals surface area contributed by atoms with Crippen molar-refractivity contribution in [1.29, 1.82) is 0 Å². The summed E-state index contributed by atoms with van der Waals surface area (Å²) in [5.41, 5.74) is 2.88. The summed E-state index contributed by atoms with van der Waals surface area (Å²) in [7, 11) is -3.97. The second kappa shape index (κ2) is 5.19. The van der Waals surface area contributed by atoms with Crippen molar-refractivity contribution < 1.29 is 12.8 Å². The standard InChI is InChI=1S/C15H14FN3O2S/c1-2-9-7-18-15-14(9)5-11(8-19-15)10-3-12(16)6-13(4-10)22(17,20)21/h3-8H,2H2,1H3,(H,18,19)(H2,17,20,21). The highest BCUT2D eigenvalue weighted by Crippen LogP contribution is 2.27. The number of primary sulfonamides is 1. The first-order valence-corrected chi connectivity index (χ1v) is 8.23. The fourth-order valence-electron chi connectivity index (χ4n) is 2.40. The van der Waals surface area contributed by atoms with E-state index in [4.69, 9.17) is 5.14 Å². The molecule has 7 heteroatoms. The van der Waals surface area contributed by atoms with Crippen molar-refractivity contribution in [1.82, 2.24) is 9.97 Å². The normalized spacial score (nSPS) is 12.0. The Morgan fingerprint density at radius 1 is 1.23 bits per heavy atom. The Labute approximate surface area is 127 Å². The summed E-state index contributed by atoms with van der Waals surface area (Å²) in [6.07, 6.45) is 4.28. The Bertz CT molecular complexity index is 964. The summed E-state index contributed by atoms with van der Waals surface area (Å²) in [5, 5.41) is 6.01. The Balaban J connectivity index is 2.20. The average Bonchev–Trinajstić information content (AvgIpc) is 2.87. The van der Waals surface area contributed by atoms with Crippen LogP contribution in [0.5, 0.6) is 0 Å². The lowest BCUT2D eigenvalue weighted by Crippen LogP contribution is -2.12. The molecule has 2 heterocycles. The predicted octanol–water partition coefficient (Wildman–Crippen LogP) is 2.58. The van der Waals surface area contributed by atoms with Crippen molar-refractivity contribution in [2.24, 2.45) is 5.14 Å². The Kier molecular flexibility index (Phi) is 3.46. The van der Waals surface area contributed by atoms with E-state index in [1.807, 2.05) is 19.2 Å². The van der Waals surface area contributed by atoms with Crippen LogP contribution in [0.2, 0.25) is 0 Å². The highest BCUT2D eigenvalue weighted by Gasteiger charge is 2.13. The lowest BCUT2D eigenvalue weighted by atomic mass is 10.0. The molecule has 0 atom stereocenters. The Morgan fingerprint density at radius 3 is 2.68 bits per heavy atom. The van der Waals surface area contributed by atoms with Gasteiger partial charge in [0, 0.05) is 23.3 Å². The van der Waals surface area contributed by atoms with Crippen LogP contribution >= 0.6 is 0 Å². The molecular formula is C15H14FN3O2S. The van der Waals surface area contributed by atoms with Crippen LogP contribution in [0, 0.1) is 5.82 Å². The lowest BCUT2D eigenvalue weighted by Gasteiger charge is -2.06. The molecule has 22 heavy (non-hydrogen) atoms. The number of aromatic nitrogens is 2. The molecular weight excluding hydrogens is 305 g/mol. The van der Waals surface area contributed by atoms with Gasteiger partial charge in [-0.25, -0.2) is 22.9 Å². The first kappa shape index (κ1) is 14.7. The van der Waals surface area contributed by atoms with Gasteiger partial charge in [-0.05, 0) is 41.8 Å². The minimum Gasteiger partial charge on any atom is -0.346 e. The predicted molar refractivity (Wildman–Crippen MR) is 82.2 cm³/mol. The number of aromatic amines is 1. The molecule has 3 N–H and O–H groups in total. The molecule has 5 nitrogen and oxygen atoms in total. The summed E-state index contributed by atoms with van der Waals surface area (Å²) in [5.74, 6) is -0.661. The fraction of sp³-hybridized carbons (Fsp3) is 0.133. The monoisotopic (exact) mass is 319 g/mol. The molecule has 0 radical (unpaired) electrons. The van der Waals surface area contributed by atoms with Gasteiger partial charge in [-0.15, -0.1) is 0 Å². The van der Waals surface area contributed by atoms with Crippen LogP contribution in [0.4, 0.5) is 4.39 Å². The van der Waals surface area contributed by atoms with E-state index >= 15 is 0 Å². The van der Waals surface area contributed by atoms with Gasteiger partial charge in [-0.3, -0.25) is 0 Å². The molecule has 1 aromatic carbocycles. The summed E-state index contributed by atoms with van der Waals surface area (Å²) in [6, 6.07) is 5.37. The van der Waals surface area contributed by atoms with Gasteiger partial charge >= 0.3 is 0 Å². The maximum absolute atomic E-state index is 13.7. The minimum atomic E-state index is -3.97. The molecule has 0 aliphatic rings. The molecule has 0 fully saturated rings. The highest BCUT2D eigenvalue weighted by atomic mass is 32.2. The van der Waals surface area contributed by atoms with E-state index in [1.165, 1.54) is 12.1 Å². The van der Waals surface area contributed by atoms with Gasteiger partial charge in [-0.1, -0.05) is 6.92 Å². The molecule has 114 valence electrons. The number of benzene rings is 1. The number of fused-ring (bicyclic) bond motifs is 1. The van der Waals surface area contributed by atoms with E-state index in [2.05, 4.69) is 9.97 Å². The highest BCUT2D eigenvalue weighted by molar-refractivity contribution is 7.89. The van der Waals surface area contributed by atoms with E-state index in [0.29, 0.717) is 11.1 Å². The van der Waals surface area contributed by atoms with Crippen LogP contribution < -0.4 is 5.14 Å². The third-order valence-corrected chi connectivity index (χ3v) is 4.42. The van der Waals surface area contributed by atoms with E-state index < -0.39 is 15.8 Å². The number of aryl methyl sites for hydroxylation is 1. The minimum absolute atomic E-state index is 0.257. The Hall–Kier alpha value is -2.25. The van der Waals surface area contributed by atoms with Gasteiger partial charge < -0.3 is 4.98 Å². The number of sulfonamides is 1. The number of rotatable bonds is 3. The lowest BCUT2D eigenvalue weighted by molar-refractivity contribution is 0.592. The largest absolute Gasteiger partial charge is 0.346 e. The number of nitrogens with two attached hydrogens (primary N) is 1. The average molecular weight is 319 g/mol. The third-order valence-electron chi connectivity index (χ3n) is 3.53. The molecule has 0 unspecified atom stereocenters. The number of pyridine rings is 1. The van der Waals surface area contributed by atoms with Gasteiger partial charge in [-0.2, -0.15) is 0 Å². The fourth-order valence-corrected chi connectivity index (χ4v) is 2.97. The first-order valence-electron chi connectivity index (χ1n) is 6.68. The molecule has 2 aromatic heterocycles. The van der Waals surface area contributed by atoms with Crippen molar-refractivity contribution in [2.45, 2.75) is 18.2 Å². The summed E-state index contributed by atoms with van der Waals surface area (Å²) < 4.78 is 36.6. The second-order valence-corrected chi connectivity index (χ2v) is 6.57. The maximum atomic E-state index is 13.7. The van der Waals surface area contributed by atoms with Crippen molar-refractivity contribution in [3.05, 3.63) is 48.0 Å². The van der Waals surface area contributed by atoms with Gasteiger partial charge in [0.2, 0.25) is 10.0 Å². The molecule has 0 amide bonds. The van der Waals surface area contributed by atoms with Crippen LogP contribution in [0.3, 0.4) is 0 Å². The SMILES string of the molecule is CCc1c[nH]c2ncc(-c3cc(F)cc(S(N)(=O)=O)c3)cc12. The van der Waals surface area contributed by atoms with Crippen LogP contribution in [-0.4, -0.2) is 18.4 Å². The van der Waals surface area contributed by atoms with Crippen LogP contribution in [0.25, 0.3) is 22.2 Å². The van der Waals surface area contributed by atoms with Crippen molar-refractivity contribution in [2.75, 3.05) is 0 Å². The van der Waals surface area contributed by atoms with Gasteiger partial charge in [0.25, 0.3) is 0 Å².